The number of carbonyl (C=O) groups excluding carboxylic acids is 1. The van der Waals surface area contributed by atoms with Gasteiger partial charge >= 0.3 is 0 Å². The van der Waals surface area contributed by atoms with Gasteiger partial charge in [-0.05, 0) is 25.5 Å². The Hall–Kier alpha value is -1.62. The molecule has 0 bridgehead atoms. The van der Waals surface area contributed by atoms with Gasteiger partial charge in [0.2, 0.25) is 0 Å². The number of aliphatic hydroxyl groups is 1. The lowest BCUT2D eigenvalue weighted by Gasteiger charge is -2.28. The summed E-state index contributed by atoms with van der Waals surface area (Å²) in [6.45, 7) is 3.42. The Morgan fingerprint density at radius 1 is 1.50 bits per heavy atom. The Balaban J connectivity index is 2.87. The summed E-state index contributed by atoms with van der Waals surface area (Å²) in [7, 11) is 0. The van der Waals surface area contributed by atoms with Crippen LogP contribution in [-0.2, 0) is 0 Å². The van der Waals surface area contributed by atoms with E-state index in [-0.39, 0.29) is 17.9 Å². The summed E-state index contributed by atoms with van der Waals surface area (Å²) in [5.74, 6) is -1.62. The summed E-state index contributed by atoms with van der Waals surface area (Å²) in [5, 5.41) is 21.0. The number of hydrogen-bond donors (Lipinski definition) is 3. The summed E-state index contributed by atoms with van der Waals surface area (Å²) in [4.78, 5) is 11.9. The van der Waals surface area contributed by atoms with E-state index in [0.29, 0.717) is 6.42 Å². The minimum Gasteiger partial charge on any atom is -0.508 e. The van der Waals surface area contributed by atoms with Gasteiger partial charge in [-0.1, -0.05) is 13.3 Å². The van der Waals surface area contributed by atoms with Crippen LogP contribution in [0.15, 0.2) is 18.2 Å². The van der Waals surface area contributed by atoms with Crippen molar-refractivity contribution in [2.45, 2.75) is 32.2 Å². The Morgan fingerprint density at radius 3 is 2.67 bits per heavy atom. The minimum absolute atomic E-state index is 0.149. The SMILES string of the molecule is CCC[C@](C)(CO)NC(=O)c1ccc(O)cc1F. The standard InChI is InChI=1S/C13H18FNO3/c1-3-6-13(2,8-16)15-12(18)10-5-4-9(17)7-11(10)14/h4-5,7,16-17H,3,6,8H2,1-2H3,(H,15,18)/t13-/m1/s1. The van der Waals surface area contributed by atoms with Gasteiger partial charge in [-0.3, -0.25) is 4.79 Å². The van der Waals surface area contributed by atoms with Crippen molar-refractivity contribution in [3.8, 4) is 5.75 Å². The molecule has 0 aliphatic rings. The largest absolute Gasteiger partial charge is 0.508 e. The number of amides is 1. The number of phenols is 1. The highest BCUT2D eigenvalue weighted by Gasteiger charge is 2.26. The molecular formula is C13H18FNO3. The van der Waals surface area contributed by atoms with E-state index in [1.165, 1.54) is 12.1 Å². The summed E-state index contributed by atoms with van der Waals surface area (Å²) in [6.07, 6.45) is 1.38. The lowest BCUT2D eigenvalue weighted by Crippen LogP contribution is -2.49. The first kappa shape index (κ1) is 14.4. The Bertz CT molecular complexity index is 436. The van der Waals surface area contributed by atoms with Gasteiger partial charge in [0.1, 0.15) is 11.6 Å². The zero-order valence-electron chi connectivity index (χ0n) is 10.5. The van der Waals surface area contributed by atoms with E-state index in [9.17, 15) is 14.3 Å². The molecule has 0 aliphatic carbocycles. The molecule has 0 unspecified atom stereocenters. The highest BCUT2D eigenvalue weighted by atomic mass is 19.1. The van der Waals surface area contributed by atoms with Gasteiger partial charge in [0, 0.05) is 6.07 Å². The molecule has 1 aromatic carbocycles. The molecule has 1 amide bonds. The normalized spacial score (nSPS) is 14.0. The molecule has 3 N–H and O–H groups in total. The first-order valence-corrected chi connectivity index (χ1v) is 5.84. The number of benzene rings is 1. The van der Waals surface area contributed by atoms with Crippen LogP contribution in [0.25, 0.3) is 0 Å². The Kier molecular flexibility index (Phi) is 4.67. The fourth-order valence-corrected chi connectivity index (χ4v) is 1.76. The van der Waals surface area contributed by atoms with Crippen molar-refractivity contribution in [1.29, 1.82) is 0 Å². The zero-order valence-corrected chi connectivity index (χ0v) is 10.5. The third-order valence-corrected chi connectivity index (χ3v) is 2.76. The number of aromatic hydroxyl groups is 1. The van der Waals surface area contributed by atoms with Crippen molar-refractivity contribution < 1.29 is 19.4 Å². The van der Waals surface area contributed by atoms with Crippen molar-refractivity contribution in [3.05, 3.63) is 29.6 Å². The Morgan fingerprint density at radius 2 is 2.17 bits per heavy atom. The van der Waals surface area contributed by atoms with Gasteiger partial charge in [0.15, 0.2) is 0 Å². The van der Waals surface area contributed by atoms with E-state index < -0.39 is 17.3 Å². The predicted molar refractivity (Wildman–Crippen MR) is 65.9 cm³/mol. The maximum Gasteiger partial charge on any atom is 0.254 e. The van der Waals surface area contributed by atoms with Crippen molar-refractivity contribution in [2.75, 3.05) is 6.61 Å². The summed E-state index contributed by atoms with van der Waals surface area (Å²) in [5.41, 5.74) is -0.917. The van der Waals surface area contributed by atoms with E-state index in [1.54, 1.807) is 6.92 Å². The molecule has 0 saturated carbocycles. The number of nitrogens with one attached hydrogen (secondary N) is 1. The lowest BCUT2D eigenvalue weighted by atomic mass is 9.96. The van der Waals surface area contributed by atoms with Gasteiger partial charge < -0.3 is 15.5 Å². The van der Waals surface area contributed by atoms with Crippen LogP contribution in [0.1, 0.15) is 37.0 Å². The van der Waals surface area contributed by atoms with Crippen LogP contribution in [0.3, 0.4) is 0 Å². The molecule has 0 fully saturated rings. The highest BCUT2D eigenvalue weighted by molar-refractivity contribution is 5.95. The van der Waals surface area contributed by atoms with Crippen LogP contribution in [0.4, 0.5) is 4.39 Å². The maximum atomic E-state index is 13.5. The van der Waals surface area contributed by atoms with Crippen LogP contribution in [0.5, 0.6) is 5.75 Å². The molecule has 5 heteroatoms. The first-order chi connectivity index (χ1) is 8.41. The van der Waals surface area contributed by atoms with E-state index in [1.807, 2.05) is 6.92 Å². The number of phenolic OH excluding ortho intramolecular Hbond substituents is 1. The van der Waals surface area contributed by atoms with Gasteiger partial charge in [-0.15, -0.1) is 0 Å². The molecule has 0 aromatic heterocycles. The molecule has 1 atom stereocenters. The highest BCUT2D eigenvalue weighted by Crippen LogP contribution is 2.17. The molecule has 18 heavy (non-hydrogen) atoms. The molecule has 100 valence electrons. The average Bonchev–Trinajstić information content (AvgIpc) is 2.28. The predicted octanol–water partition coefficient (Wildman–Crippen LogP) is 1.81. The second-order valence-corrected chi connectivity index (χ2v) is 4.59. The fourth-order valence-electron chi connectivity index (χ4n) is 1.76. The third-order valence-electron chi connectivity index (χ3n) is 2.76. The second kappa shape index (κ2) is 5.82. The number of halogens is 1. The number of hydrogen-bond acceptors (Lipinski definition) is 3. The second-order valence-electron chi connectivity index (χ2n) is 4.59. The van der Waals surface area contributed by atoms with Gasteiger partial charge in [-0.25, -0.2) is 4.39 Å². The maximum absolute atomic E-state index is 13.5. The van der Waals surface area contributed by atoms with Gasteiger partial charge in [-0.2, -0.15) is 0 Å². The number of aliphatic hydroxyl groups excluding tert-OH is 1. The molecule has 0 heterocycles. The molecule has 0 radical (unpaired) electrons. The molecular weight excluding hydrogens is 237 g/mol. The summed E-state index contributed by atoms with van der Waals surface area (Å²) in [6, 6.07) is 3.34. The smallest absolute Gasteiger partial charge is 0.254 e. The molecule has 0 aliphatic heterocycles. The van der Waals surface area contributed by atoms with E-state index in [2.05, 4.69) is 5.32 Å². The van der Waals surface area contributed by atoms with Crippen molar-refractivity contribution in [2.24, 2.45) is 0 Å². The molecule has 0 saturated heterocycles. The monoisotopic (exact) mass is 255 g/mol. The van der Waals surface area contributed by atoms with Crippen LogP contribution in [0, 0.1) is 5.82 Å². The molecule has 1 rings (SSSR count). The van der Waals surface area contributed by atoms with Gasteiger partial charge in [0.25, 0.3) is 5.91 Å². The molecule has 4 nitrogen and oxygen atoms in total. The average molecular weight is 255 g/mol. The van der Waals surface area contributed by atoms with E-state index in [0.717, 1.165) is 12.5 Å². The Labute approximate surface area is 105 Å². The van der Waals surface area contributed by atoms with Gasteiger partial charge in [0.05, 0.1) is 17.7 Å². The lowest BCUT2D eigenvalue weighted by molar-refractivity contribution is 0.0837. The molecule has 0 spiro atoms. The van der Waals surface area contributed by atoms with Crippen LogP contribution in [-0.4, -0.2) is 28.3 Å². The van der Waals surface area contributed by atoms with Crippen LogP contribution in [0.2, 0.25) is 0 Å². The summed E-state index contributed by atoms with van der Waals surface area (Å²) < 4.78 is 13.5. The number of carbonyl (C=O) groups is 1. The van der Waals surface area contributed by atoms with Crippen molar-refractivity contribution >= 4 is 5.91 Å². The molecule has 1 aromatic rings. The quantitative estimate of drug-likeness (QED) is 0.751. The zero-order chi connectivity index (χ0) is 13.8. The van der Waals surface area contributed by atoms with Crippen LogP contribution >= 0.6 is 0 Å². The van der Waals surface area contributed by atoms with E-state index in [4.69, 9.17) is 5.11 Å². The van der Waals surface area contributed by atoms with E-state index >= 15 is 0 Å². The topological polar surface area (TPSA) is 69.6 Å². The first-order valence-electron chi connectivity index (χ1n) is 5.84. The number of rotatable bonds is 5. The fraction of sp³-hybridized carbons (Fsp3) is 0.462. The van der Waals surface area contributed by atoms with Crippen LogP contribution < -0.4 is 5.32 Å². The minimum atomic E-state index is -0.788. The third kappa shape index (κ3) is 3.43. The van der Waals surface area contributed by atoms with Crippen molar-refractivity contribution in [1.82, 2.24) is 5.32 Å². The van der Waals surface area contributed by atoms with Crippen molar-refractivity contribution in [3.63, 3.8) is 0 Å². The summed E-state index contributed by atoms with van der Waals surface area (Å²) >= 11 is 0.